The molecule has 2 nitrogen and oxygen atoms in total. The van der Waals surface area contributed by atoms with Gasteiger partial charge in [0.15, 0.2) is 0 Å². The van der Waals surface area contributed by atoms with E-state index >= 15 is 0 Å². The SMILES string of the molecule is [CH2]C[C@H](O)[C@@H](O)Cc1ccccc1. The predicted octanol–water partition coefficient (Wildman–Crippen LogP) is 1.18. The second-order valence-corrected chi connectivity index (χ2v) is 3.11. The highest BCUT2D eigenvalue weighted by atomic mass is 16.3. The molecule has 0 amide bonds. The highest BCUT2D eigenvalue weighted by molar-refractivity contribution is 5.15. The van der Waals surface area contributed by atoms with Crippen LogP contribution in [0.4, 0.5) is 0 Å². The monoisotopic (exact) mass is 179 g/mol. The molecule has 13 heavy (non-hydrogen) atoms. The molecule has 2 heteroatoms. The van der Waals surface area contributed by atoms with Gasteiger partial charge in [-0.1, -0.05) is 37.3 Å². The molecule has 0 spiro atoms. The smallest absolute Gasteiger partial charge is 0.0839 e. The first-order valence-electron chi connectivity index (χ1n) is 4.43. The van der Waals surface area contributed by atoms with E-state index in [0.717, 1.165) is 5.56 Å². The van der Waals surface area contributed by atoms with Gasteiger partial charge >= 0.3 is 0 Å². The van der Waals surface area contributed by atoms with E-state index in [0.29, 0.717) is 12.8 Å². The van der Waals surface area contributed by atoms with Gasteiger partial charge in [-0.25, -0.2) is 0 Å². The molecule has 0 aromatic heterocycles. The maximum Gasteiger partial charge on any atom is 0.0839 e. The van der Waals surface area contributed by atoms with Crippen LogP contribution < -0.4 is 0 Å². The summed E-state index contributed by atoms with van der Waals surface area (Å²) in [6.07, 6.45) is -0.606. The third-order valence-corrected chi connectivity index (χ3v) is 2.03. The molecule has 2 N–H and O–H groups in total. The van der Waals surface area contributed by atoms with Crippen molar-refractivity contribution in [1.29, 1.82) is 0 Å². The largest absolute Gasteiger partial charge is 0.390 e. The zero-order valence-electron chi connectivity index (χ0n) is 7.56. The third kappa shape index (κ3) is 3.17. The number of hydrogen-bond acceptors (Lipinski definition) is 2. The summed E-state index contributed by atoms with van der Waals surface area (Å²) >= 11 is 0. The van der Waals surface area contributed by atoms with Gasteiger partial charge in [0.25, 0.3) is 0 Å². The van der Waals surface area contributed by atoms with Crippen LogP contribution in [0.1, 0.15) is 12.0 Å². The lowest BCUT2D eigenvalue weighted by Gasteiger charge is -2.15. The summed E-state index contributed by atoms with van der Waals surface area (Å²) in [5.41, 5.74) is 1.03. The molecule has 0 fully saturated rings. The zero-order valence-corrected chi connectivity index (χ0v) is 7.56. The van der Waals surface area contributed by atoms with Gasteiger partial charge in [0.05, 0.1) is 12.2 Å². The Kier molecular flexibility index (Phi) is 3.93. The normalized spacial score (nSPS) is 15.3. The second kappa shape index (κ2) is 5.00. The molecule has 0 heterocycles. The Bertz CT molecular complexity index is 233. The molecular formula is C11H15O2. The van der Waals surface area contributed by atoms with Crippen molar-refractivity contribution in [2.24, 2.45) is 0 Å². The molecule has 1 radical (unpaired) electrons. The Morgan fingerprint density at radius 1 is 1.08 bits per heavy atom. The standard InChI is InChI=1S/C11H15O2/c1-2-10(12)11(13)8-9-6-4-3-5-7-9/h3-7,10-13H,1-2,8H2/t10-,11-/m0/s1. The predicted molar refractivity (Wildman–Crippen MR) is 52.1 cm³/mol. The topological polar surface area (TPSA) is 40.5 Å². The Labute approximate surface area is 78.8 Å². The van der Waals surface area contributed by atoms with Crippen molar-refractivity contribution >= 4 is 0 Å². The molecule has 0 unspecified atom stereocenters. The molecule has 0 aliphatic heterocycles. The van der Waals surface area contributed by atoms with Gasteiger partial charge in [-0.15, -0.1) is 0 Å². The first kappa shape index (κ1) is 10.2. The van der Waals surface area contributed by atoms with Crippen LogP contribution in [0.3, 0.4) is 0 Å². The minimum atomic E-state index is -0.722. The van der Waals surface area contributed by atoms with Gasteiger partial charge in [0.1, 0.15) is 0 Å². The second-order valence-electron chi connectivity index (χ2n) is 3.11. The minimum absolute atomic E-state index is 0.341. The Morgan fingerprint density at radius 2 is 1.69 bits per heavy atom. The maximum atomic E-state index is 9.48. The van der Waals surface area contributed by atoms with E-state index in [9.17, 15) is 10.2 Å². The minimum Gasteiger partial charge on any atom is -0.390 e. The van der Waals surface area contributed by atoms with E-state index in [1.54, 1.807) is 0 Å². The lowest BCUT2D eigenvalue weighted by Crippen LogP contribution is -2.27. The lowest BCUT2D eigenvalue weighted by molar-refractivity contribution is 0.0218. The van der Waals surface area contributed by atoms with E-state index in [2.05, 4.69) is 6.92 Å². The summed E-state index contributed by atoms with van der Waals surface area (Å²) in [6.45, 7) is 3.54. The van der Waals surface area contributed by atoms with E-state index < -0.39 is 12.2 Å². The molecule has 0 aliphatic carbocycles. The van der Waals surface area contributed by atoms with Gasteiger partial charge in [0, 0.05) is 6.42 Å². The van der Waals surface area contributed by atoms with Crippen molar-refractivity contribution < 1.29 is 10.2 Å². The van der Waals surface area contributed by atoms with Crippen LogP contribution in [0.2, 0.25) is 0 Å². The molecule has 1 aromatic carbocycles. The summed E-state index contributed by atoms with van der Waals surface area (Å²) in [5.74, 6) is 0. The van der Waals surface area contributed by atoms with Crippen LogP contribution in [-0.4, -0.2) is 22.4 Å². The van der Waals surface area contributed by atoms with Crippen molar-refractivity contribution in [2.45, 2.75) is 25.0 Å². The van der Waals surface area contributed by atoms with Crippen molar-refractivity contribution in [3.05, 3.63) is 42.8 Å². The fraction of sp³-hybridized carbons (Fsp3) is 0.364. The van der Waals surface area contributed by atoms with Crippen molar-refractivity contribution in [3.63, 3.8) is 0 Å². The quantitative estimate of drug-likeness (QED) is 0.728. The van der Waals surface area contributed by atoms with Gasteiger partial charge in [-0.2, -0.15) is 0 Å². The molecule has 2 atom stereocenters. The third-order valence-electron chi connectivity index (χ3n) is 2.03. The van der Waals surface area contributed by atoms with E-state index in [4.69, 9.17) is 0 Å². The van der Waals surface area contributed by atoms with Gasteiger partial charge in [-0.3, -0.25) is 0 Å². The molecule has 1 aromatic rings. The molecule has 71 valence electrons. The first-order valence-corrected chi connectivity index (χ1v) is 4.43. The first-order chi connectivity index (χ1) is 6.24. The summed E-state index contributed by atoms with van der Waals surface area (Å²) in [7, 11) is 0. The summed E-state index contributed by atoms with van der Waals surface area (Å²) in [6, 6.07) is 9.61. The Morgan fingerprint density at radius 3 is 2.23 bits per heavy atom. The van der Waals surface area contributed by atoms with Crippen molar-refractivity contribution in [3.8, 4) is 0 Å². The lowest BCUT2D eigenvalue weighted by atomic mass is 10.0. The van der Waals surface area contributed by atoms with Gasteiger partial charge < -0.3 is 10.2 Å². The number of aliphatic hydroxyl groups excluding tert-OH is 2. The molecule has 1 rings (SSSR count). The molecule has 0 bridgehead atoms. The van der Waals surface area contributed by atoms with E-state index in [1.165, 1.54) is 0 Å². The fourth-order valence-corrected chi connectivity index (χ4v) is 1.18. The van der Waals surface area contributed by atoms with E-state index in [-0.39, 0.29) is 0 Å². The zero-order chi connectivity index (χ0) is 9.68. The summed E-state index contributed by atoms with van der Waals surface area (Å²) in [4.78, 5) is 0. The fourth-order valence-electron chi connectivity index (χ4n) is 1.18. The number of benzene rings is 1. The molecule has 0 aliphatic rings. The van der Waals surface area contributed by atoms with Crippen LogP contribution >= 0.6 is 0 Å². The van der Waals surface area contributed by atoms with Crippen molar-refractivity contribution in [2.75, 3.05) is 0 Å². The van der Waals surface area contributed by atoms with Crippen LogP contribution in [0.15, 0.2) is 30.3 Å². The summed E-state index contributed by atoms with van der Waals surface area (Å²) < 4.78 is 0. The Balaban J connectivity index is 2.50. The van der Waals surface area contributed by atoms with Crippen LogP contribution in [-0.2, 0) is 6.42 Å². The van der Waals surface area contributed by atoms with Gasteiger partial charge in [-0.05, 0) is 12.0 Å². The van der Waals surface area contributed by atoms with Crippen LogP contribution in [0.5, 0.6) is 0 Å². The summed E-state index contributed by atoms with van der Waals surface area (Å²) in [5, 5.41) is 18.8. The highest BCUT2D eigenvalue weighted by Crippen LogP contribution is 2.07. The number of aliphatic hydroxyl groups is 2. The average Bonchev–Trinajstić information content (AvgIpc) is 2.18. The highest BCUT2D eigenvalue weighted by Gasteiger charge is 2.13. The Hall–Kier alpha value is -0.860. The van der Waals surface area contributed by atoms with Crippen LogP contribution in [0.25, 0.3) is 0 Å². The number of hydrogen-bond donors (Lipinski definition) is 2. The number of rotatable bonds is 4. The van der Waals surface area contributed by atoms with Crippen LogP contribution in [0, 0.1) is 6.92 Å². The maximum absolute atomic E-state index is 9.48. The molecule has 0 saturated heterocycles. The van der Waals surface area contributed by atoms with Gasteiger partial charge in [0.2, 0.25) is 0 Å². The molecule has 0 saturated carbocycles. The molecular weight excluding hydrogens is 164 g/mol. The van der Waals surface area contributed by atoms with Crippen molar-refractivity contribution in [1.82, 2.24) is 0 Å². The van der Waals surface area contributed by atoms with E-state index in [1.807, 2.05) is 30.3 Å². The average molecular weight is 179 g/mol.